The molecule has 1 saturated heterocycles. The number of anilines is 1. The summed E-state index contributed by atoms with van der Waals surface area (Å²) in [5.74, 6) is 0. The fourth-order valence-corrected chi connectivity index (χ4v) is 4.62. The molecule has 0 atom stereocenters. The van der Waals surface area contributed by atoms with E-state index in [1.54, 1.807) is 5.01 Å². The first-order chi connectivity index (χ1) is 17.3. The summed E-state index contributed by atoms with van der Waals surface area (Å²) in [5.41, 5.74) is 5.40. The van der Waals surface area contributed by atoms with Crippen LogP contribution in [0.3, 0.4) is 0 Å². The molecule has 1 fully saturated rings. The minimum absolute atomic E-state index is 0.176. The van der Waals surface area contributed by atoms with Crippen molar-refractivity contribution in [1.29, 1.82) is 0 Å². The van der Waals surface area contributed by atoms with Crippen molar-refractivity contribution in [2.45, 2.75) is 44.9 Å². The topological polar surface area (TPSA) is 53.0 Å². The summed E-state index contributed by atoms with van der Waals surface area (Å²) in [6, 6.07) is 26.7. The molecular weight excluding hydrogens is 436 g/mol. The highest BCUT2D eigenvalue weighted by Crippen LogP contribution is 2.33. The largest absolute Gasteiger partial charge is 0.448 e. The number of hydrogen-bond donors (Lipinski definition) is 1. The number of aryl methyl sites for hydroxylation is 1. The first-order valence-electron chi connectivity index (χ1n) is 12.8. The molecule has 5 nitrogen and oxygen atoms in total. The van der Waals surface area contributed by atoms with Gasteiger partial charge in [0.2, 0.25) is 0 Å². The van der Waals surface area contributed by atoms with Crippen LogP contribution in [0, 0.1) is 0 Å². The van der Waals surface area contributed by atoms with Crippen molar-refractivity contribution in [2.75, 3.05) is 31.3 Å². The van der Waals surface area contributed by atoms with Gasteiger partial charge in [0.05, 0.1) is 12.3 Å². The van der Waals surface area contributed by atoms with E-state index in [2.05, 4.69) is 47.5 Å². The third kappa shape index (κ3) is 6.93. The van der Waals surface area contributed by atoms with Gasteiger partial charge in [-0.1, -0.05) is 79.2 Å². The van der Waals surface area contributed by atoms with E-state index in [9.17, 15) is 4.79 Å². The Morgan fingerprint density at radius 3 is 2.17 bits per heavy atom. The molecule has 0 saturated carbocycles. The van der Waals surface area contributed by atoms with Crippen LogP contribution in [0.1, 0.15) is 43.2 Å². The van der Waals surface area contributed by atoms with Crippen molar-refractivity contribution >= 4 is 11.8 Å². The Bertz CT molecular complexity index is 1050. The molecule has 0 bridgehead atoms. The fourth-order valence-electron chi connectivity index (χ4n) is 4.62. The summed E-state index contributed by atoms with van der Waals surface area (Å²) < 4.78 is 5.81. The molecule has 184 valence electrons. The number of rotatable bonds is 10. The average molecular weight is 473 g/mol. The minimum atomic E-state index is -0.302. The Morgan fingerprint density at radius 1 is 0.800 bits per heavy atom. The summed E-state index contributed by atoms with van der Waals surface area (Å²) in [5, 5.41) is 13.0. The van der Waals surface area contributed by atoms with E-state index in [0.29, 0.717) is 13.0 Å². The Hall–Kier alpha value is -3.15. The predicted octanol–water partition coefficient (Wildman–Crippen LogP) is 6.26. The van der Waals surface area contributed by atoms with Crippen molar-refractivity contribution in [2.24, 2.45) is 0 Å². The van der Waals surface area contributed by atoms with Crippen molar-refractivity contribution in [3.63, 3.8) is 0 Å². The number of carbonyl (C=O) groups excluding carboxylic acids is 1. The third-order valence-electron chi connectivity index (χ3n) is 6.51. The highest BCUT2D eigenvalue weighted by Gasteiger charge is 2.28. The van der Waals surface area contributed by atoms with Crippen LogP contribution in [0.4, 0.5) is 10.5 Å². The molecule has 0 spiro atoms. The Balaban J connectivity index is 1.39. The lowest BCUT2D eigenvalue weighted by atomic mass is 10.0. The summed E-state index contributed by atoms with van der Waals surface area (Å²) in [6.07, 6.45) is 6.46. The monoisotopic (exact) mass is 472 g/mol. The lowest BCUT2D eigenvalue weighted by Gasteiger charge is -2.37. The zero-order valence-electron chi connectivity index (χ0n) is 20.4. The molecule has 3 aromatic carbocycles. The maximum Gasteiger partial charge on any atom is 0.429 e. The van der Waals surface area contributed by atoms with E-state index >= 15 is 0 Å². The number of para-hydroxylation sites is 1. The lowest BCUT2D eigenvalue weighted by molar-refractivity contribution is 0.120. The molecule has 1 aliphatic heterocycles. The highest BCUT2D eigenvalue weighted by molar-refractivity contribution is 5.93. The standard InChI is InChI=1S/C30H36N2O3/c33-23-20-26-18-16-25(17-19-26)11-7-10-24-35-30(34)32(31-21-8-2-9-22-31)29-15-6-5-14-28(29)27-12-3-1-4-13-27/h1,3-6,12-19,33H,2,7-11,20-24H2. The number of amides is 1. The van der Waals surface area contributed by atoms with Gasteiger partial charge >= 0.3 is 6.09 Å². The SMILES string of the molecule is O=C(OCCCCc1ccc(CCO)cc1)N(c1ccccc1-c1ccccc1)N1CCCCC1. The fraction of sp³-hybridized carbons (Fsp3) is 0.367. The molecule has 1 amide bonds. The zero-order valence-corrected chi connectivity index (χ0v) is 20.4. The van der Waals surface area contributed by atoms with Gasteiger partial charge < -0.3 is 9.84 Å². The summed E-state index contributed by atoms with van der Waals surface area (Å²) >= 11 is 0. The van der Waals surface area contributed by atoms with E-state index in [4.69, 9.17) is 9.84 Å². The zero-order chi connectivity index (χ0) is 24.3. The molecule has 5 heteroatoms. The van der Waals surface area contributed by atoms with Gasteiger partial charge in [0.1, 0.15) is 0 Å². The molecule has 0 radical (unpaired) electrons. The van der Waals surface area contributed by atoms with E-state index < -0.39 is 0 Å². The Morgan fingerprint density at radius 2 is 1.46 bits per heavy atom. The van der Waals surface area contributed by atoms with Crippen LogP contribution < -0.4 is 5.01 Å². The smallest absolute Gasteiger partial charge is 0.429 e. The molecule has 4 rings (SSSR count). The van der Waals surface area contributed by atoms with Gasteiger partial charge in [-0.25, -0.2) is 14.8 Å². The summed E-state index contributed by atoms with van der Waals surface area (Å²) in [4.78, 5) is 13.4. The second-order valence-corrected chi connectivity index (χ2v) is 9.07. The molecule has 1 heterocycles. The Kier molecular flexibility index (Phi) is 9.32. The number of carbonyl (C=O) groups is 1. The average Bonchev–Trinajstić information content (AvgIpc) is 2.91. The van der Waals surface area contributed by atoms with Crippen molar-refractivity contribution in [1.82, 2.24) is 5.01 Å². The second-order valence-electron chi connectivity index (χ2n) is 9.07. The molecule has 0 aliphatic carbocycles. The molecule has 0 aromatic heterocycles. The quantitative estimate of drug-likeness (QED) is 0.354. The summed E-state index contributed by atoms with van der Waals surface area (Å²) in [6.45, 7) is 2.28. The number of benzene rings is 3. The van der Waals surface area contributed by atoms with Gasteiger partial charge in [-0.15, -0.1) is 0 Å². The van der Waals surface area contributed by atoms with E-state index in [1.165, 1.54) is 12.0 Å². The number of hydrogen-bond acceptors (Lipinski definition) is 4. The van der Waals surface area contributed by atoms with E-state index in [-0.39, 0.29) is 12.7 Å². The number of hydrazine groups is 1. The highest BCUT2D eigenvalue weighted by atomic mass is 16.6. The number of piperidine rings is 1. The van der Waals surface area contributed by atoms with Crippen molar-refractivity contribution < 1.29 is 14.6 Å². The van der Waals surface area contributed by atoms with Gasteiger partial charge in [-0.05, 0) is 61.3 Å². The number of aliphatic hydroxyl groups is 1. The van der Waals surface area contributed by atoms with Crippen LogP contribution in [0.15, 0.2) is 78.9 Å². The minimum Gasteiger partial charge on any atom is -0.448 e. The molecular formula is C30H36N2O3. The van der Waals surface area contributed by atoms with Crippen molar-refractivity contribution in [3.05, 3.63) is 90.0 Å². The third-order valence-corrected chi connectivity index (χ3v) is 6.51. The number of nitrogens with zero attached hydrogens (tertiary/aromatic N) is 2. The van der Waals surface area contributed by atoms with Crippen LogP contribution in [-0.4, -0.2) is 42.5 Å². The van der Waals surface area contributed by atoms with Gasteiger partial charge in [0.25, 0.3) is 0 Å². The van der Waals surface area contributed by atoms with Crippen LogP contribution >= 0.6 is 0 Å². The summed E-state index contributed by atoms with van der Waals surface area (Å²) in [7, 11) is 0. The maximum absolute atomic E-state index is 13.4. The maximum atomic E-state index is 13.4. The van der Waals surface area contributed by atoms with Gasteiger partial charge in [-0.2, -0.15) is 0 Å². The molecule has 1 aliphatic rings. The number of ether oxygens (including phenoxy) is 1. The molecule has 35 heavy (non-hydrogen) atoms. The Labute approximate surface area is 208 Å². The second kappa shape index (κ2) is 13.1. The first-order valence-corrected chi connectivity index (χ1v) is 12.8. The normalized spacial score (nSPS) is 14.0. The van der Waals surface area contributed by atoms with Crippen LogP contribution in [0.25, 0.3) is 11.1 Å². The molecule has 1 N–H and O–H groups in total. The molecule has 0 unspecified atom stereocenters. The van der Waals surface area contributed by atoms with Crippen molar-refractivity contribution in [3.8, 4) is 11.1 Å². The van der Waals surface area contributed by atoms with E-state index in [1.807, 2.05) is 36.4 Å². The van der Waals surface area contributed by atoms with Crippen LogP contribution in [0.5, 0.6) is 0 Å². The first kappa shape index (κ1) is 25.0. The predicted molar refractivity (Wildman–Crippen MR) is 141 cm³/mol. The van der Waals surface area contributed by atoms with Gasteiger partial charge in [0.15, 0.2) is 0 Å². The molecule has 3 aromatic rings. The van der Waals surface area contributed by atoms with Crippen LogP contribution in [0.2, 0.25) is 0 Å². The van der Waals surface area contributed by atoms with Crippen LogP contribution in [-0.2, 0) is 17.6 Å². The van der Waals surface area contributed by atoms with Gasteiger partial charge in [0, 0.05) is 25.3 Å². The van der Waals surface area contributed by atoms with E-state index in [0.717, 1.165) is 67.6 Å². The lowest BCUT2D eigenvalue weighted by Crippen LogP contribution is -2.49. The van der Waals surface area contributed by atoms with Gasteiger partial charge in [-0.3, -0.25) is 0 Å². The number of unbranched alkanes of at least 4 members (excludes halogenated alkanes) is 1. The number of aliphatic hydroxyl groups excluding tert-OH is 1.